The number of hydrogen-bond donors (Lipinski definition) is 2. The molecule has 2 aromatic carbocycles. The second kappa shape index (κ2) is 10.3. The Balaban J connectivity index is 1.79. The molecule has 8 heteroatoms. The van der Waals surface area contributed by atoms with Crippen molar-refractivity contribution < 1.29 is 18.7 Å². The molecule has 2 N–H and O–H groups in total. The summed E-state index contributed by atoms with van der Waals surface area (Å²) in [6.07, 6.45) is 1.80. The van der Waals surface area contributed by atoms with Crippen molar-refractivity contribution in [3.8, 4) is 0 Å². The maximum absolute atomic E-state index is 13.8. The predicted molar refractivity (Wildman–Crippen MR) is 123 cm³/mol. The first-order valence-corrected chi connectivity index (χ1v) is 10.8. The molecule has 0 aromatic heterocycles. The summed E-state index contributed by atoms with van der Waals surface area (Å²) in [6.45, 7) is 6.05. The van der Waals surface area contributed by atoms with Gasteiger partial charge in [0.25, 0.3) is 0 Å². The molecule has 1 amide bonds. The molecule has 162 valence electrons. The van der Waals surface area contributed by atoms with Crippen LogP contribution in [0.3, 0.4) is 0 Å². The fraction of sp³-hybridized carbons (Fsp3) is 0.261. The number of carbonyl (C=O) groups excluding carboxylic acids is 2. The maximum Gasteiger partial charge on any atom is 0.311 e. The minimum absolute atomic E-state index is 0.0382. The number of hydrogen-bond acceptors (Lipinski definition) is 6. The SMILES string of the molecule is CCOC(=O)CC1=CC(SCC(=O)Nc2ccccc2F)=Nc2cc(C)c(C)cc2N1. The zero-order chi connectivity index (χ0) is 22.4. The number of ether oxygens (including phenoxy) is 1. The van der Waals surface area contributed by atoms with E-state index in [9.17, 15) is 14.0 Å². The summed E-state index contributed by atoms with van der Waals surface area (Å²) < 4.78 is 18.8. The summed E-state index contributed by atoms with van der Waals surface area (Å²) in [5.41, 5.74) is 4.44. The van der Waals surface area contributed by atoms with E-state index >= 15 is 0 Å². The zero-order valence-electron chi connectivity index (χ0n) is 17.6. The molecule has 0 atom stereocenters. The molecule has 0 unspecified atom stereocenters. The van der Waals surface area contributed by atoms with Gasteiger partial charge in [-0.2, -0.15) is 0 Å². The quantitative estimate of drug-likeness (QED) is 0.609. The normalized spacial score (nSPS) is 12.6. The largest absolute Gasteiger partial charge is 0.466 e. The fourth-order valence-corrected chi connectivity index (χ4v) is 3.67. The van der Waals surface area contributed by atoms with Gasteiger partial charge in [0.1, 0.15) is 5.82 Å². The molecule has 3 rings (SSSR count). The summed E-state index contributed by atoms with van der Waals surface area (Å²) in [7, 11) is 0. The van der Waals surface area contributed by atoms with Crippen LogP contribution >= 0.6 is 11.8 Å². The molecular formula is C23H24FN3O3S. The number of esters is 1. The van der Waals surface area contributed by atoms with Crippen molar-refractivity contribution in [1.29, 1.82) is 0 Å². The van der Waals surface area contributed by atoms with Crippen LogP contribution in [-0.2, 0) is 14.3 Å². The molecule has 31 heavy (non-hydrogen) atoms. The van der Waals surface area contributed by atoms with Gasteiger partial charge in [-0.25, -0.2) is 9.38 Å². The molecule has 0 radical (unpaired) electrons. The minimum Gasteiger partial charge on any atom is -0.466 e. The average molecular weight is 442 g/mol. The molecular weight excluding hydrogens is 417 g/mol. The number of thioether (sulfide) groups is 1. The van der Waals surface area contributed by atoms with Gasteiger partial charge in [0.15, 0.2) is 0 Å². The van der Waals surface area contributed by atoms with E-state index in [4.69, 9.17) is 4.74 Å². The van der Waals surface area contributed by atoms with Crippen molar-refractivity contribution in [3.63, 3.8) is 0 Å². The number of fused-ring (bicyclic) bond motifs is 1. The van der Waals surface area contributed by atoms with Gasteiger partial charge in [-0.15, -0.1) is 0 Å². The Hall–Kier alpha value is -3.13. The molecule has 0 bridgehead atoms. The average Bonchev–Trinajstić information content (AvgIpc) is 2.87. The monoisotopic (exact) mass is 441 g/mol. The Bertz CT molecular complexity index is 1070. The second-order valence-electron chi connectivity index (χ2n) is 7.00. The van der Waals surface area contributed by atoms with Crippen LogP contribution in [0.15, 0.2) is 53.2 Å². The summed E-state index contributed by atoms with van der Waals surface area (Å²) in [5.74, 6) is -1.16. The van der Waals surface area contributed by atoms with Gasteiger partial charge < -0.3 is 15.4 Å². The molecule has 1 aliphatic rings. The van der Waals surface area contributed by atoms with Crippen molar-refractivity contribution >= 4 is 45.7 Å². The number of anilines is 2. The van der Waals surface area contributed by atoms with Gasteiger partial charge in [-0.1, -0.05) is 23.9 Å². The number of aliphatic imine (C=N–C) groups is 1. The van der Waals surface area contributed by atoms with Crippen LogP contribution < -0.4 is 10.6 Å². The van der Waals surface area contributed by atoms with Crippen LogP contribution in [0.25, 0.3) is 0 Å². The molecule has 1 aliphatic heterocycles. The Morgan fingerprint density at radius 1 is 1.19 bits per heavy atom. The first kappa shape index (κ1) is 22.6. The minimum atomic E-state index is -0.492. The molecule has 0 fully saturated rings. The van der Waals surface area contributed by atoms with Gasteiger partial charge in [-0.05, 0) is 62.2 Å². The van der Waals surface area contributed by atoms with Crippen LogP contribution in [0.2, 0.25) is 0 Å². The molecule has 6 nitrogen and oxygen atoms in total. The predicted octanol–water partition coefficient (Wildman–Crippen LogP) is 5.11. The number of para-hydroxylation sites is 1. The first-order chi connectivity index (χ1) is 14.9. The second-order valence-corrected chi connectivity index (χ2v) is 7.99. The van der Waals surface area contributed by atoms with Crippen LogP contribution in [0.1, 0.15) is 24.5 Å². The highest BCUT2D eigenvalue weighted by Crippen LogP contribution is 2.34. The highest BCUT2D eigenvalue weighted by Gasteiger charge is 2.17. The lowest BCUT2D eigenvalue weighted by Crippen LogP contribution is -2.16. The fourth-order valence-electron chi connectivity index (χ4n) is 2.93. The third kappa shape index (κ3) is 6.18. The number of halogens is 1. The molecule has 1 heterocycles. The van der Waals surface area contributed by atoms with E-state index in [2.05, 4.69) is 15.6 Å². The van der Waals surface area contributed by atoms with Crippen molar-refractivity contribution in [2.24, 2.45) is 4.99 Å². The van der Waals surface area contributed by atoms with Crippen LogP contribution in [0.4, 0.5) is 21.5 Å². The number of rotatable bonds is 6. The van der Waals surface area contributed by atoms with Gasteiger partial charge in [-0.3, -0.25) is 9.59 Å². The Labute approximate surface area is 185 Å². The molecule has 2 aromatic rings. The number of amides is 1. The van der Waals surface area contributed by atoms with E-state index < -0.39 is 5.82 Å². The van der Waals surface area contributed by atoms with Crippen LogP contribution in [0, 0.1) is 19.7 Å². The zero-order valence-corrected chi connectivity index (χ0v) is 18.4. The van der Waals surface area contributed by atoms with E-state index in [0.717, 1.165) is 22.5 Å². The summed E-state index contributed by atoms with van der Waals surface area (Å²) >= 11 is 1.21. The third-order valence-electron chi connectivity index (χ3n) is 4.57. The molecule has 0 spiro atoms. The Morgan fingerprint density at radius 3 is 2.68 bits per heavy atom. The van der Waals surface area contributed by atoms with Crippen LogP contribution in [0.5, 0.6) is 0 Å². The van der Waals surface area contributed by atoms with Gasteiger partial charge in [0, 0.05) is 5.70 Å². The van der Waals surface area contributed by atoms with Crippen molar-refractivity contribution in [2.45, 2.75) is 27.2 Å². The molecule has 0 saturated heterocycles. The summed E-state index contributed by atoms with van der Waals surface area (Å²) in [6, 6.07) is 9.94. The molecule has 0 aliphatic carbocycles. The lowest BCUT2D eigenvalue weighted by molar-refractivity contribution is -0.142. The van der Waals surface area contributed by atoms with E-state index in [-0.39, 0.29) is 29.7 Å². The number of aryl methyl sites for hydroxylation is 2. The maximum atomic E-state index is 13.8. The number of carbonyl (C=O) groups is 2. The van der Waals surface area contributed by atoms with E-state index in [0.29, 0.717) is 17.3 Å². The number of nitrogens with one attached hydrogen (secondary N) is 2. The van der Waals surface area contributed by atoms with Gasteiger partial charge in [0.05, 0.1) is 40.9 Å². The third-order valence-corrected chi connectivity index (χ3v) is 5.49. The Kier molecular flexibility index (Phi) is 7.46. The van der Waals surface area contributed by atoms with Crippen molar-refractivity contribution in [2.75, 3.05) is 23.0 Å². The summed E-state index contributed by atoms with van der Waals surface area (Å²) in [4.78, 5) is 29.0. The van der Waals surface area contributed by atoms with Crippen molar-refractivity contribution in [3.05, 3.63) is 65.1 Å². The number of benzene rings is 2. The smallest absolute Gasteiger partial charge is 0.311 e. The molecule has 0 saturated carbocycles. The standard InChI is InChI=1S/C23H24FN3O3S/c1-4-30-23(29)12-16-11-22(27-20-10-15(3)14(2)9-19(20)25-16)31-13-21(28)26-18-8-6-5-7-17(18)24/h5-11,25H,4,12-13H2,1-3H3,(H,26,28). The van der Waals surface area contributed by atoms with E-state index in [1.807, 2.05) is 26.0 Å². The highest BCUT2D eigenvalue weighted by molar-refractivity contribution is 8.14. The van der Waals surface area contributed by atoms with E-state index in [1.54, 1.807) is 25.1 Å². The first-order valence-electron chi connectivity index (χ1n) is 9.86. The lowest BCUT2D eigenvalue weighted by Gasteiger charge is -2.12. The van der Waals surface area contributed by atoms with E-state index in [1.165, 1.54) is 23.9 Å². The summed E-state index contributed by atoms with van der Waals surface area (Å²) in [5, 5.41) is 6.39. The topological polar surface area (TPSA) is 79.8 Å². The van der Waals surface area contributed by atoms with Gasteiger partial charge in [0.2, 0.25) is 5.91 Å². The highest BCUT2D eigenvalue weighted by atomic mass is 32.2. The number of nitrogens with zero attached hydrogens (tertiary/aromatic N) is 1. The van der Waals surface area contributed by atoms with Crippen LogP contribution in [-0.4, -0.2) is 29.3 Å². The van der Waals surface area contributed by atoms with Gasteiger partial charge >= 0.3 is 5.97 Å². The lowest BCUT2D eigenvalue weighted by atomic mass is 10.1. The Morgan fingerprint density at radius 2 is 1.94 bits per heavy atom. The van der Waals surface area contributed by atoms with Crippen molar-refractivity contribution in [1.82, 2.24) is 0 Å².